The standard InChI is InChI=1S/C22H28ClN3O4S2/c1-17-14-21(26-8-3-4-13-31(26,27)28)15-18(2)22(17)32(29,30)25-11-9-24(10-12-25)20-7-5-6-19(23)16-20/h5-7,14-16H,3-4,8-13H2,1-2H3. The normalized spacial score (nSPS) is 19.8. The van der Waals surface area contributed by atoms with Crippen molar-refractivity contribution in [2.45, 2.75) is 31.6 Å². The lowest BCUT2D eigenvalue weighted by atomic mass is 10.1. The van der Waals surface area contributed by atoms with Crippen LogP contribution in [0.2, 0.25) is 5.02 Å². The van der Waals surface area contributed by atoms with Crippen LogP contribution in [0.15, 0.2) is 41.3 Å². The first-order chi connectivity index (χ1) is 15.1. The van der Waals surface area contributed by atoms with Gasteiger partial charge in [0.15, 0.2) is 0 Å². The summed E-state index contributed by atoms with van der Waals surface area (Å²) in [5.74, 6) is 0.127. The van der Waals surface area contributed by atoms with Gasteiger partial charge in [-0.3, -0.25) is 4.31 Å². The van der Waals surface area contributed by atoms with E-state index in [9.17, 15) is 16.8 Å². The van der Waals surface area contributed by atoms with Crippen molar-refractivity contribution in [3.8, 4) is 0 Å². The minimum atomic E-state index is -3.70. The number of hydrogen-bond acceptors (Lipinski definition) is 5. The van der Waals surface area contributed by atoms with Crippen LogP contribution in [0, 0.1) is 13.8 Å². The van der Waals surface area contributed by atoms with Crippen LogP contribution >= 0.6 is 11.6 Å². The number of piperazine rings is 1. The summed E-state index contributed by atoms with van der Waals surface area (Å²) >= 11 is 6.09. The Morgan fingerprint density at radius 2 is 1.53 bits per heavy atom. The second kappa shape index (κ2) is 8.85. The maximum Gasteiger partial charge on any atom is 0.243 e. The Balaban J connectivity index is 1.57. The Hall–Kier alpha value is -1.81. The van der Waals surface area contributed by atoms with Gasteiger partial charge in [-0.1, -0.05) is 17.7 Å². The van der Waals surface area contributed by atoms with Gasteiger partial charge in [0.2, 0.25) is 20.0 Å². The molecule has 10 heteroatoms. The third kappa shape index (κ3) is 4.48. The summed E-state index contributed by atoms with van der Waals surface area (Å²) in [6, 6.07) is 10.9. The zero-order valence-electron chi connectivity index (χ0n) is 18.3. The van der Waals surface area contributed by atoms with E-state index in [1.54, 1.807) is 26.0 Å². The van der Waals surface area contributed by atoms with E-state index in [1.165, 1.54) is 8.61 Å². The minimum Gasteiger partial charge on any atom is -0.369 e. The fourth-order valence-corrected chi connectivity index (χ4v) is 8.19. The van der Waals surface area contributed by atoms with Crippen molar-refractivity contribution in [3.05, 3.63) is 52.5 Å². The summed E-state index contributed by atoms with van der Waals surface area (Å²) in [6.45, 7) is 5.79. The third-order valence-corrected chi connectivity index (χ3v) is 10.4. The van der Waals surface area contributed by atoms with Crippen LogP contribution in [0.25, 0.3) is 0 Å². The van der Waals surface area contributed by atoms with E-state index in [0.29, 0.717) is 61.0 Å². The summed E-state index contributed by atoms with van der Waals surface area (Å²) in [5, 5.41) is 0.652. The van der Waals surface area contributed by atoms with Crippen LogP contribution in [0.3, 0.4) is 0 Å². The van der Waals surface area contributed by atoms with E-state index in [-0.39, 0.29) is 10.6 Å². The molecule has 32 heavy (non-hydrogen) atoms. The van der Waals surface area contributed by atoms with Crippen LogP contribution in [0.1, 0.15) is 24.0 Å². The van der Waals surface area contributed by atoms with Gasteiger partial charge in [-0.2, -0.15) is 4.31 Å². The Morgan fingerprint density at radius 3 is 2.12 bits per heavy atom. The third-order valence-electron chi connectivity index (χ3n) is 6.09. The molecule has 2 aromatic carbocycles. The lowest BCUT2D eigenvalue weighted by Gasteiger charge is -2.36. The van der Waals surface area contributed by atoms with Gasteiger partial charge in [0.1, 0.15) is 0 Å². The largest absolute Gasteiger partial charge is 0.369 e. The van der Waals surface area contributed by atoms with Crippen LogP contribution in [-0.2, 0) is 20.0 Å². The van der Waals surface area contributed by atoms with Gasteiger partial charge in [-0.25, -0.2) is 16.8 Å². The Kier molecular flexibility index (Phi) is 6.46. The molecule has 2 aliphatic heterocycles. The monoisotopic (exact) mass is 497 g/mol. The molecule has 0 aliphatic carbocycles. The van der Waals surface area contributed by atoms with Gasteiger partial charge in [0, 0.05) is 43.4 Å². The van der Waals surface area contributed by atoms with Gasteiger partial charge >= 0.3 is 0 Å². The first kappa shape index (κ1) is 23.4. The van der Waals surface area contributed by atoms with Crippen molar-refractivity contribution >= 4 is 43.0 Å². The van der Waals surface area contributed by atoms with Gasteiger partial charge in [0.25, 0.3) is 0 Å². The highest BCUT2D eigenvalue weighted by molar-refractivity contribution is 7.92. The van der Waals surface area contributed by atoms with Gasteiger partial charge in [0.05, 0.1) is 16.3 Å². The number of halogens is 1. The Labute approximate surface area is 195 Å². The van der Waals surface area contributed by atoms with Crippen LogP contribution in [0.4, 0.5) is 11.4 Å². The predicted octanol–water partition coefficient (Wildman–Crippen LogP) is 3.40. The summed E-state index contributed by atoms with van der Waals surface area (Å²) in [4.78, 5) is 2.40. The maximum absolute atomic E-state index is 13.5. The summed E-state index contributed by atoms with van der Waals surface area (Å²) in [5.41, 5.74) is 2.66. The summed E-state index contributed by atoms with van der Waals surface area (Å²) < 4.78 is 54.9. The first-order valence-corrected chi connectivity index (χ1v) is 14.1. The average molecular weight is 498 g/mol. The van der Waals surface area contributed by atoms with Crippen LogP contribution in [0.5, 0.6) is 0 Å². The van der Waals surface area contributed by atoms with Crippen molar-refractivity contribution < 1.29 is 16.8 Å². The molecular formula is C22H28ClN3O4S2. The quantitative estimate of drug-likeness (QED) is 0.647. The number of anilines is 2. The lowest BCUT2D eigenvalue weighted by Crippen LogP contribution is -2.49. The molecular weight excluding hydrogens is 470 g/mol. The molecule has 0 spiro atoms. The SMILES string of the molecule is Cc1cc(N2CCCCS2(=O)=O)cc(C)c1S(=O)(=O)N1CCN(c2cccc(Cl)c2)CC1. The highest BCUT2D eigenvalue weighted by Gasteiger charge is 2.33. The smallest absolute Gasteiger partial charge is 0.243 e. The highest BCUT2D eigenvalue weighted by Crippen LogP contribution is 2.32. The van der Waals surface area contributed by atoms with E-state index >= 15 is 0 Å². The molecule has 0 N–H and O–H groups in total. The first-order valence-electron chi connectivity index (χ1n) is 10.7. The van der Waals surface area contributed by atoms with Crippen molar-refractivity contribution in [3.63, 3.8) is 0 Å². The van der Waals surface area contributed by atoms with E-state index in [1.807, 2.05) is 24.3 Å². The maximum atomic E-state index is 13.5. The second-order valence-electron chi connectivity index (χ2n) is 8.37. The average Bonchev–Trinajstić information content (AvgIpc) is 2.73. The number of benzene rings is 2. The van der Waals surface area contributed by atoms with Crippen molar-refractivity contribution in [1.82, 2.24) is 4.31 Å². The molecule has 4 rings (SSSR count). The molecule has 0 aromatic heterocycles. The zero-order chi connectivity index (χ0) is 23.1. The fourth-order valence-electron chi connectivity index (χ4n) is 4.55. The van der Waals surface area contributed by atoms with Crippen molar-refractivity contribution in [1.29, 1.82) is 0 Å². The van der Waals surface area contributed by atoms with Gasteiger partial charge in [-0.05, 0) is 68.1 Å². The molecule has 0 radical (unpaired) electrons. The number of sulfonamides is 2. The number of aryl methyl sites for hydroxylation is 2. The van der Waals surface area contributed by atoms with Crippen molar-refractivity contribution in [2.24, 2.45) is 0 Å². The molecule has 0 unspecified atom stereocenters. The number of rotatable bonds is 4. The molecule has 0 atom stereocenters. The van der Waals surface area contributed by atoms with Gasteiger partial charge in [-0.15, -0.1) is 0 Å². The minimum absolute atomic E-state index is 0.127. The molecule has 0 saturated carbocycles. The summed E-state index contributed by atoms with van der Waals surface area (Å²) in [7, 11) is -7.06. The molecule has 0 bridgehead atoms. The van der Waals surface area contributed by atoms with Crippen LogP contribution in [-0.4, -0.2) is 59.6 Å². The zero-order valence-corrected chi connectivity index (χ0v) is 20.7. The predicted molar refractivity (Wildman–Crippen MR) is 129 cm³/mol. The number of hydrogen-bond donors (Lipinski definition) is 0. The van der Waals surface area contributed by atoms with E-state index in [2.05, 4.69) is 4.90 Å². The molecule has 2 saturated heterocycles. The summed E-state index contributed by atoms with van der Waals surface area (Å²) in [6.07, 6.45) is 1.46. The van der Waals surface area contributed by atoms with E-state index in [0.717, 1.165) is 12.1 Å². The topological polar surface area (TPSA) is 78.0 Å². The Bertz CT molecular complexity index is 1200. The molecule has 2 aliphatic rings. The molecule has 7 nitrogen and oxygen atoms in total. The molecule has 174 valence electrons. The molecule has 0 amide bonds. The van der Waals surface area contributed by atoms with E-state index < -0.39 is 20.0 Å². The van der Waals surface area contributed by atoms with Crippen molar-refractivity contribution in [2.75, 3.05) is 47.7 Å². The molecule has 2 heterocycles. The fraction of sp³-hybridized carbons (Fsp3) is 0.455. The highest BCUT2D eigenvalue weighted by atomic mass is 35.5. The number of nitrogens with zero attached hydrogens (tertiary/aromatic N) is 3. The van der Waals surface area contributed by atoms with Gasteiger partial charge < -0.3 is 4.90 Å². The lowest BCUT2D eigenvalue weighted by molar-refractivity contribution is 0.384. The molecule has 2 fully saturated rings. The Morgan fingerprint density at radius 1 is 0.875 bits per heavy atom. The van der Waals surface area contributed by atoms with Crippen LogP contribution < -0.4 is 9.21 Å². The second-order valence-corrected chi connectivity index (χ2v) is 12.7. The molecule has 2 aromatic rings. The van der Waals surface area contributed by atoms with E-state index in [4.69, 9.17) is 11.6 Å².